The maximum Gasteiger partial charge on any atom is 0.156 e. The molecule has 0 unspecified atom stereocenters. The molecule has 0 atom stereocenters. The van der Waals surface area contributed by atoms with Crippen LogP contribution >= 0.6 is 22.6 Å². The molecule has 0 fully saturated rings. The monoisotopic (exact) mass is 331 g/mol. The third-order valence-corrected chi connectivity index (χ3v) is 3.80. The Morgan fingerprint density at radius 1 is 1.25 bits per heavy atom. The van der Waals surface area contributed by atoms with Crippen molar-refractivity contribution >= 4 is 28.4 Å². The molecule has 0 aliphatic carbocycles. The highest BCUT2D eigenvalue weighted by molar-refractivity contribution is 14.1. The number of nitrogens with zero attached hydrogens (tertiary/aromatic N) is 1. The molecular formula is C13H18INO. The van der Waals surface area contributed by atoms with Gasteiger partial charge in [0.15, 0.2) is 5.78 Å². The first-order valence-corrected chi connectivity index (χ1v) is 6.37. The standard InChI is InChI=1S/C13H18INO/c1-13(2,15(3)4)12(16)9-10-5-7-11(14)8-6-10/h5-8H,9H2,1-4H3. The average molecular weight is 331 g/mol. The van der Waals surface area contributed by atoms with E-state index in [4.69, 9.17) is 0 Å². The van der Waals surface area contributed by atoms with Crippen LogP contribution in [0.1, 0.15) is 19.4 Å². The second-order valence-corrected chi connectivity index (χ2v) is 5.93. The lowest BCUT2D eigenvalue weighted by atomic mass is 9.92. The van der Waals surface area contributed by atoms with Gasteiger partial charge in [-0.3, -0.25) is 9.69 Å². The van der Waals surface area contributed by atoms with Gasteiger partial charge in [0, 0.05) is 9.99 Å². The van der Waals surface area contributed by atoms with E-state index in [1.54, 1.807) is 0 Å². The van der Waals surface area contributed by atoms with Gasteiger partial charge in [0.1, 0.15) is 0 Å². The molecule has 0 saturated carbocycles. The zero-order chi connectivity index (χ0) is 12.3. The zero-order valence-corrected chi connectivity index (χ0v) is 12.4. The van der Waals surface area contributed by atoms with Crippen LogP contribution in [-0.2, 0) is 11.2 Å². The molecule has 0 spiro atoms. The number of ketones is 1. The number of rotatable bonds is 4. The average Bonchev–Trinajstić information content (AvgIpc) is 2.21. The van der Waals surface area contributed by atoms with Gasteiger partial charge >= 0.3 is 0 Å². The topological polar surface area (TPSA) is 20.3 Å². The van der Waals surface area contributed by atoms with Gasteiger partial charge in [-0.15, -0.1) is 0 Å². The van der Waals surface area contributed by atoms with E-state index < -0.39 is 5.54 Å². The molecule has 1 rings (SSSR count). The molecule has 0 radical (unpaired) electrons. The molecule has 0 heterocycles. The summed E-state index contributed by atoms with van der Waals surface area (Å²) >= 11 is 2.26. The fourth-order valence-electron chi connectivity index (χ4n) is 1.25. The van der Waals surface area contributed by atoms with Crippen LogP contribution in [0.15, 0.2) is 24.3 Å². The van der Waals surface area contributed by atoms with Crippen LogP contribution in [0.3, 0.4) is 0 Å². The van der Waals surface area contributed by atoms with Crippen LogP contribution in [0, 0.1) is 3.57 Å². The molecular weight excluding hydrogens is 313 g/mol. The maximum absolute atomic E-state index is 12.1. The fraction of sp³-hybridized carbons (Fsp3) is 0.462. The smallest absolute Gasteiger partial charge is 0.156 e. The minimum atomic E-state index is -0.400. The second kappa shape index (κ2) is 5.27. The summed E-state index contributed by atoms with van der Waals surface area (Å²) in [5.74, 6) is 0.249. The van der Waals surface area contributed by atoms with Crippen LogP contribution < -0.4 is 0 Å². The predicted molar refractivity (Wildman–Crippen MR) is 75.6 cm³/mol. The molecule has 0 N–H and O–H groups in total. The zero-order valence-electron chi connectivity index (χ0n) is 10.2. The van der Waals surface area contributed by atoms with Crippen molar-refractivity contribution in [1.29, 1.82) is 0 Å². The van der Waals surface area contributed by atoms with Crippen molar-refractivity contribution in [1.82, 2.24) is 4.90 Å². The first kappa shape index (κ1) is 13.6. The Balaban J connectivity index is 2.75. The third-order valence-electron chi connectivity index (χ3n) is 3.08. The van der Waals surface area contributed by atoms with Crippen molar-refractivity contribution in [3.05, 3.63) is 33.4 Å². The van der Waals surface area contributed by atoms with Crippen LogP contribution in [0.5, 0.6) is 0 Å². The van der Waals surface area contributed by atoms with Gasteiger partial charge in [-0.05, 0) is 68.2 Å². The Morgan fingerprint density at radius 2 is 1.75 bits per heavy atom. The summed E-state index contributed by atoms with van der Waals surface area (Å²) in [7, 11) is 3.87. The fourth-order valence-corrected chi connectivity index (χ4v) is 1.61. The van der Waals surface area contributed by atoms with Crippen molar-refractivity contribution in [2.75, 3.05) is 14.1 Å². The highest BCUT2D eigenvalue weighted by atomic mass is 127. The minimum absolute atomic E-state index is 0.249. The third kappa shape index (κ3) is 3.28. The number of likely N-dealkylation sites (N-methyl/N-ethyl adjacent to an activating group) is 1. The molecule has 0 bridgehead atoms. The van der Waals surface area contributed by atoms with Gasteiger partial charge in [-0.2, -0.15) is 0 Å². The number of carbonyl (C=O) groups is 1. The largest absolute Gasteiger partial charge is 0.298 e. The van der Waals surface area contributed by atoms with Crippen LogP contribution in [0.25, 0.3) is 0 Å². The molecule has 0 amide bonds. The van der Waals surface area contributed by atoms with E-state index >= 15 is 0 Å². The number of carbonyl (C=O) groups excluding carboxylic acids is 1. The van der Waals surface area contributed by atoms with Gasteiger partial charge in [-0.25, -0.2) is 0 Å². The number of hydrogen-bond acceptors (Lipinski definition) is 2. The second-order valence-electron chi connectivity index (χ2n) is 4.68. The van der Waals surface area contributed by atoms with E-state index in [0.29, 0.717) is 6.42 Å². The number of hydrogen-bond donors (Lipinski definition) is 0. The van der Waals surface area contributed by atoms with Crippen molar-refractivity contribution in [3.63, 3.8) is 0 Å². The molecule has 16 heavy (non-hydrogen) atoms. The minimum Gasteiger partial charge on any atom is -0.298 e. The summed E-state index contributed by atoms with van der Waals surface area (Å²) in [5.41, 5.74) is 0.684. The lowest BCUT2D eigenvalue weighted by Gasteiger charge is -2.30. The SMILES string of the molecule is CN(C)C(C)(C)C(=O)Cc1ccc(I)cc1. The highest BCUT2D eigenvalue weighted by Crippen LogP contribution is 2.16. The molecule has 2 nitrogen and oxygen atoms in total. The van der Waals surface area contributed by atoms with Crippen molar-refractivity contribution in [3.8, 4) is 0 Å². The Kier molecular flexibility index (Phi) is 4.50. The molecule has 0 saturated heterocycles. The van der Waals surface area contributed by atoms with Crippen molar-refractivity contribution in [2.45, 2.75) is 25.8 Å². The van der Waals surface area contributed by atoms with Gasteiger partial charge in [0.25, 0.3) is 0 Å². The summed E-state index contributed by atoms with van der Waals surface area (Å²) < 4.78 is 1.20. The van der Waals surface area contributed by atoms with Crippen molar-refractivity contribution < 1.29 is 4.79 Å². The first-order valence-electron chi connectivity index (χ1n) is 5.29. The lowest BCUT2D eigenvalue weighted by molar-refractivity contribution is -0.127. The summed E-state index contributed by atoms with van der Waals surface area (Å²) in [6.45, 7) is 3.92. The van der Waals surface area contributed by atoms with E-state index in [1.165, 1.54) is 3.57 Å². The van der Waals surface area contributed by atoms with Crippen LogP contribution in [0.2, 0.25) is 0 Å². The number of Topliss-reactive ketones (excluding diaryl/α,β-unsaturated/α-hetero) is 1. The normalized spacial score (nSPS) is 11.9. The van der Waals surface area contributed by atoms with Crippen molar-refractivity contribution in [2.24, 2.45) is 0 Å². The first-order chi connectivity index (χ1) is 7.34. The lowest BCUT2D eigenvalue weighted by Crippen LogP contribution is -2.46. The Hall–Kier alpha value is -0.420. The van der Waals surface area contributed by atoms with E-state index in [9.17, 15) is 4.79 Å². The number of benzene rings is 1. The predicted octanol–water partition coefficient (Wildman–Crippen LogP) is 2.74. The Bertz CT molecular complexity index is 368. The van der Waals surface area contributed by atoms with E-state index in [-0.39, 0.29) is 5.78 Å². The Labute approximate surface area is 111 Å². The molecule has 88 valence electrons. The summed E-state index contributed by atoms with van der Waals surface area (Å²) in [5, 5.41) is 0. The molecule has 0 aliphatic rings. The summed E-state index contributed by atoms with van der Waals surface area (Å²) in [6, 6.07) is 8.11. The molecule has 0 aliphatic heterocycles. The van der Waals surface area contributed by atoms with Crippen LogP contribution in [-0.4, -0.2) is 30.3 Å². The highest BCUT2D eigenvalue weighted by Gasteiger charge is 2.29. The molecule has 0 aromatic heterocycles. The summed E-state index contributed by atoms with van der Waals surface area (Å²) in [4.78, 5) is 14.1. The van der Waals surface area contributed by atoms with E-state index in [2.05, 4.69) is 22.6 Å². The van der Waals surface area contributed by atoms with Gasteiger partial charge < -0.3 is 0 Å². The van der Waals surface area contributed by atoms with Gasteiger partial charge in [0.2, 0.25) is 0 Å². The molecule has 1 aromatic carbocycles. The maximum atomic E-state index is 12.1. The molecule has 1 aromatic rings. The quantitative estimate of drug-likeness (QED) is 0.791. The van der Waals surface area contributed by atoms with E-state index in [1.807, 2.05) is 57.1 Å². The van der Waals surface area contributed by atoms with Gasteiger partial charge in [0.05, 0.1) is 5.54 Å². The van der Waals surface area contributed by atoms with Gasteiger partial charge in [-0.1, -0.05) is 12.1 Å². The summed E-state index contributed by atoms with van der Waals surface area (Å²) in [6.07, 6.45) is 0.502. The van der Waals surface area contributed by atoms with Crippen LogP contribution in [0.4, 0.5) is 0 Å². The van der Waals surface area contributed by atoms with E-state index in [0.717, 1.165) is 5.56 Å². The number of halogens is 1. The Morgan fingerprint density at radius 3 is 2.19 bits per heavy atom. The molecule has 3 heteroatoms.